The average Bonchev–Trinajstić information content (AvgIpc) is 3.64. The van der Waals surface area contributed by atoms with Crippen LogP contribution < -0.4 is 0 Å². The molecule has 274 valence electrons. The first-order chi connectivity index (χ1) is 28.3. The van der Waals surface area contributed by atoms with E-state index in [0.717, 1.165) is 22.4 Å². The van der Waals surface area contributed by atoms with Crippen molar-refractivity contribution >= 4 is 43.4 Å². The molecule has 0 aliphatic heterocycles. The van der Waals surface area contributed by atoms with Gasteiger partial charge < -0.3 is 0 Å². The number of hydrogen-bond donors (Lipinski definition) is 0. The summed E-state index contributed by atoms with van der Waals surface area (Å²) < 4.78 is 0. The molecular weight excluding hydrogens is 701 g/mol. The summed E-state index contributed by atoms with van der Waals surface area (Å²) in [6.07, 6.45) is 0. The van der Waals surface area contributed by atoms with E-state index in [1.54, 1.807) is 0 Å². The Hall–Kier alpha value is -6.90. The first-order valence-corrected chi connectivity index (χ1v) is 20.4. The lowest BCUT2D eigenvalue weighted by molar-refractivity contribution is 0.661. The lowest BCUT2D eigenvalue weighted by Crippen LogP contribution is -2.17. The lowest BCUT2D eigenvalue weighted by Gasteiger charge is -2.26. The molecule has 0 spiro atoms. The fourth-order valence-electron chi connectivity index (χ4n) is 10.7. The van der Waals surface area contributed by atoms with Crippen molar-refractivity contribution in [2.45, 2.75) is 38.5 Å². The molecule has 0 saturated heterocycles. The van der Waals surface area contributed by atoms with Gasteiger partial charge in [-0.1, -0.05) is 173 Å². The highest BCUT2D eigenvalue weighted by Crippen LogP contribution is 2.56. The second-order valence-electron chi connectivity index (χ2n) is 17.3. The zero-order valence-electron chi connectivity index (χ0n) is 33.1. The fourth-order valence-corrected chi connectivity index (χ4v) is 10.7. The number of fused-ring (bicyclic) bond motifs is 12. The monoisotopic (exact) mass is 740 g/mol. The number of benzene rings is 8. The van der Waals surface area contributed by atoms with E-state index < -0.39 is 0 Å². The Labute approximate surface area is 338 Å². The molecule has 8 aromatic carbocycles. The van der Waals surface area contributed by atoms with Crippen LogP contribution in [0.25, 0.3) is 99.2 Å². The van der Waals surface area contributed by atoms with Gasteiger partial charge in [0, 0.05) is 32.7 Å². The lowest BCUT2D eigenvalue weighted by atomic mass is 9.77. The minimum Gasteiger partial charge on any atom is -0.247 e. The summed E-state index contributed by atoms with van der Waals surface area (Å²) in [5, 5.41) is 7.36. The Kier molecular flexibility index (Phi) is 6.78. The highest BCUT2D eigenvalue weighted by molar-refractivity contribution is 6.17. The van der Waals surface area contributed by atoms with Gasteiger partial charge in [0.05, 0.1) is 22.4 Å². The predicted octanol–water partition coefficient (Wildman–Crippen LogP) is 14.7. The van der Waals surface area contributed by atoms with Crippen LogP contribution in [0, 0.1) is 0 Å². The van der Waals surface area contributed by atoms with Crippen molar-refractivity contribution in [3.63, 3.8) is 0 Å². The van der Waals surface area contributed by atoms with Crippen LogP contribution in [-0.4, -0.2) is 9.97 Å². The standard InChI is InChI=1S/C56H40N2/c1-55(2)43-25-11-9-23-41(43)53-51(55)47(49-39-21-7-5-15-33(39)27-29-45(49)57-53)37-19-13-17-35(31-37)36-18-14-20-38(32-36)48-50-40-22-8-6-16-34(40)28-30-46(50)58-54-42-24-10-12-26-44(42)56(3,4)52(48)54/h5-32H,1-4H3. The van der Waals surface area contributed by atoms with Crippen molar-refractivity contribution in [1.82, 2.24) is 9.97 Å². The van der Waals surface area contributed by atoms with Gasteiger partial charge in [-0.3, -0.25) is 0 Å². The number of rotatable bonds is 3. The molecular formula is C56H40N2. The molecule has 0 unspecified atom stereocenters. The molecule has 12 rings (SSSR count). The quantitative estimate of drug-likeness (QED) is 0.169. The molecule has 2 heteroatoms. The molecule has 2 nitrogen and oxygen atoms in total. The van der Waals surface area contributed by atoms with Crippen LogP contribution in [0.1, 0.15) is 49.9 Å². The van der Waals surface area contributed by atoms with E-state index in [9.17, 15) is 0 Å². The van der Waals surface area contributed by atoms with Crippen molar-refractivity contribution in [2.24, 2.45) is 0 Å². The van der Waals surface area contributed by atoms with Crippen LogP contribution in [0.15, 0.2) is 170 Å². The molecule has 0 bridgehead atoms. The maximum atomic E-state index is 5.45. The molecule has 10 aromatic rings. The van der Waals surface area contributed by atoms with E-state index in [4.69, 9.17) is 9.97 Å². The third-order valence-corrected chi connectivity index (χ3v) is 13.3. The third-order valence-electron chi connectivity index (χ3n) is 13.3. The molecule has 2 aliphatic rings. The Balaban J connectivity index is 1.12. The minimum absolute atomic E-state index is 0.231. The van der Waals surface area contributed by atoms with Crippen LogP contribution in [0.2, 0.25) is 0 Å². The average molecular weight is 741 g/mol. The highest BCUT2D eigenvalue weighted by atomic mass is 14.7. The van der Waals surface area contributed by atoms with E-state index in [-0.39, 0.29) is 10.8 Å². The van der Waals surface area contributed by atoms with Crippen LogP contribution >= 0.6 is 0 Å². The van der Waals surface area contributed by atoms with Gasteiger partial charge in [0.25, 0.3) is 0 Å². The van der Waals surface area contributed by atoms with Gasteiger partial charge in [-0.15, -0.1) is 0 Å². The topological polar surface area (TPSA) is 25.8 Å². The molecule has 0 amide bonds. The predicted molar refractivity (Wildman–Crippen MR) is 243 cm³/mol. The Morgan fingerprint density at radius 3 is 1.22 bits per heavy atom. The number of nitrogens with zero attached hydrogens (tertiary/aromatic N) is 2. The first kappa shape index (κ1) is 33.3. The number of pyridine rings is 2. The van der Waals surface area contributed by atoms with Crippen molar-refractivity contribution in [2.75, 3.05) is 0 Å². The molecule has 0 N–H and O–H groups in total. The summed E-state index contributed by atoms with van der Waals surface area (Å²) in [6, 6.07) is 62.6. The second-order valence-corrected chi connectivity index (χ2v) is 17.3. The molecule has 0 fully saturated rings. The smallest absolute Gasteiger partial charge is 0.0759 e. The third kappa shape index (κ3) is 4.49. The number of aromatic nitrogens is 2. The second kappa shape index (κ2) is 11.8. The molecule has 58 heavy (non-hydrogen) atoms. The fraction of sp³-hybridized carbons (Fsp3) is 0.107. The number of hydrogen-bond acceptors (Lipinski definition) is 2. The molecule has 2 aliphatic carbocycles. The normalized spacial score (nSPS) is 14.5. The SMILES string of the molecule is CC1(C)c2ccccc2-c2nc3ccc4ccccc4c3c(-c3cccc(-c4cccc(-c5c6c(nc7ccc8ccccc8c57)-c5ccccc5C6(C)C)c4)c3)c21. The molecule has 0 saturated carbocycles. The zero-order chi connectivity index (χ0) is 38.9. The summed E-state index contributed by atoms with van der Waals surface area (Å²) in [6.45, 7) is 9.48. The van der Waals surface area contributed by atoms with Crippen LogP contribution in [0.3, 0.4) is 0 Å². The molecule has 2 heterocycles. The van der Waals surface area contributed by atoms with Gasteiger partial charge >= 0.3 is 0 Å². The Morgan fingerprint density at radius 1 is 0.362 bits per heavy atom. The van der Waals surface area contributed by atoms with Crippen LogP contribution in [0.4, 0.5) is 0 Å². The summed E-state index contributed by atoms with van der Waals surface area (Å²) in [7, 11) is 0. The largest absolute Gasteiger partial charge is 0.247 e. The Bertz CT molecular complexity index is 3170. The van der Waals surface area contributed by atoms with Gasteiger partial charge in [0.1, 0.15) is 0 Å². The Morgan fingerprint density at radius 2 is 0.759 bits per heavy atom. The minimum atomic E-state index is -0.231. The van der Waals surface area contributed by atoms with E-state index in [1.165, 1.54) is 99.1 Å². The first-order valence-electron chi connectivity index (χ1n) is 20.4. The van der Waals surface area contributed by atoms with E-state index in [1.807, 2.05) is 0 Å². The summed E-state index contributed by atoms with van der Waals surface area (Å²) in [4.78, 5) is 10.9. The van der Waals surface area contributed by atoms with E-state index >= 15 is 0 Å². The highest BCUT2D eigenvalue weighted by Gasteiger charge is 2.41. The summed E-state index contributed by atoms with van der Waals surface area (Å²) in [5.74, 6) is 0. The molecule has 2 aromatic heterocycles. The van der Waals surface area contributed by atoms with Gasteiger partial charge in [-0.25, -0.2) is 9.97 Å². The van der Waals surface area contributed by atoms with Gasteiger partial charge in [0.15, 0.2) is 0 Å². The molecule has 0 atom stereocenters. The van der Waals surface area contributed by atoms with Crippen molar-refractivity contribution in [1.29, 1.82) is 0 Å². The van der Waals surface area contributed by atoms with Crippen molar-refractivity contribution in [3.8, 4) is 55.9 Å². The summed E-state index contributed by atoms with van der Waals surface area (Å²) >= 11 is 0. The van der Waals surface area contributed by atoms with Gasteiger partial charge in [-0.05, 0) is 101 Å². The zero-order valence-corrected chi connectivity index (χ0v) is 33.1. The summed E-state index contributed by atoms with van der Waals surface area (Å²) in [5.41, 5.74) is 18.9. The van der Waals surface area contributed by atoms with Gasteiger partial charge in [0.2, 0.25) is 0 Å². The molecule has 0 radical (unpaired) electrons. The maximum Gasteiger partial charge on any atom is 0.0759 e. The maximum absolute atomic E-state index is 5.45. The van der Waals surface area contributed by atoms with Crippen LogP contribution in [-0.2, 0) is 10.8 Å². The van der Waals surface area contributed by atoms with Crippen molar-refractivity contribution < 1.29 is 0 Å². The van der Waals surface area contributed by atoms with E-state index in [0.29, 0.717) is 0 Å². The van der Waals surface area contributed by atoms with Crippen LogP contribution in [0.5, 0.6) is 0 Å². The van der Waals surface area contributed by atoms with E-state index in [2.05, 4.69) is 198 Å². The van der Waals surface area contributed by atoms with Gasteiger partial charge in [-0.2, -0.15) is 0 Å². The van der Waals surface area contributed by atoms with Crippen molar-refractivity contribution in [3.05, 3.63) is 192 Å².